The van der Waals surface area contributed by atoms with Crippen molar-refractivity contribution in [2.24, 2.45) is 0 Å². The van der Waals surface area contributed by atoms with Gasteiger partial charge in [0.25, 0.3) is 0 Å². The van der Waals surface area contributed by atoms with Crippen molar-refractivity contribution in [1.29, 1.82) is 0 Å². The number of alkyl halides is 2. The highest BCUT2D eigenvalue weighted by molar-refractivity contribution is 5.89. The van der Waals surface area contributed by atoms with Gasteiger partial charge < -0.3 is 19.7 Å². The van der Waals surface area contributed by atoms with Gasteiger partial charge in [-0.25, -0.2) is 14.8 Å². The Kier molecular flexibility index (Phi) is 4.06. The number of amides is 2. The molecule has 1 unspecified atom stereocenters. The average molecular weight is 362 g/mol. The molecule has 2 aliphatic heterocycles. The van der Waals surface area contributed by atoms with E-state index in [9.17, 15) is 13.6 Å². The van der Waals surface area contributed by atoms with Crippen LogP contribution in [0.3, 0.4) is 0 Å². The number of benzene rings is 1. The summed E-state index contributed by atoms with van der Waals surface area (Å²) >= 11 is 0. The summed E-state index contributed by atoms with van der Waals surface area (Å²) in [5.74, 6) is -0.0203. The first-order chi connectivity index (χ1) is 12.5. The summed E-state index contributed by atoms with van der Waals surface area (Å²) in [5.41, 5.74) is 1.27. The third kappa shape index (κ3) is 3.37. The largest absolute Gasteiger partial charge is 0.586 e. The summed E-state index contributed by atoms with van der Waals surface area (Å²) in [6, 6.07) is 5.71. The van der Waals surface area contributed by atoms with Crippen LogP contribution in [0.25, 0.3) is 0 Å². The van der Waals surface area contributed by atoms with E-state index in [2.05, 4.69) is 24.8 Å². The van der Waals surface area contributed by atoms with E-state index in [1.165, 1.54) is 24.5 Å². The van der Waals surface area contributed by atoms with Crippen LogP contribution in [0.2, 0.25) is 0 Å². The highest BCUT2D eigenvalue weighted by atomic mass is 19.3. The van der Waals surface area contributed by atoms with Crippen molar-refractivity contribution in [1.82, 2.24) is 14.9 Å². The van der Waals surface area contributed by atoms with Crippen molar-refractivity contribution in [2.45, 2.75) is 25.1 Å². The molecule has 26 heavy (non-hydrogen) atoms. The fraction of sp³-hybridized carbons (Fsp3) is 0.353. The SMILES string of the molecule is O=C(Nc1ccc2c(c1)OC(F)(F)O2)N1CCCC(c2ccncn2)C1. The monoisotopic (exact) mass is 362 g/mol. The predicted molar refractivity (Wildman–Crippen MR) is 87.2 cm³/mol. The molecule has 1 aromatic carbocycles. The molecule has 1 N–H and O–H groups in total. The topological polar surface area (TPSA) is 76.6 Å². The first-order valence-electron chi connectivity index (χ1n) is 8.22. The number of hydrogen-bond donors (Lipinski definition) is 1. The molecule has 3 heterocycles. The minimum atomic E-state index is -3.68. The number of rotatable bonds is 2. The van der Waals surface area contributed by atoms with E-state index in [0.717, 1.165) is 18.5 Å². The Morgan fingerprint density at radius 1 is 1.27 bits per heavy atom. The van der Waals surface area contributed by atoms with Crippen LogP contribution >= 0.6 is 0 Å². The Morgan fingerprint density at radius 2 is 2.12 bits per heavy atom. The number of nitrogens with one attached hydrogen (secondary N) is 1. The molecule has 2 aromatic rings. The van der Waals surface area contributed by atoms with Crippen molar-refractivity contribution in [3.63, 3.8) is 0 Å². The molecule has 0 spiro atoms. The van der Waals surface area contributed by atoms with Crippen LogP contribution in [0, 0.1) is 0 Å². The summed E-state index contributed by atoms with van der Waals surface area (Å²) in [6.07, 6.45) is 1.30. The highest BCUT2D eigenvalue weighted by Crippen LogP contribution is 2.42. The van der Waals surface area contributed by atoms with E-state index in [1.54, 1.807) is 11.1 Å². The number of nitrogens with zero attached hydrogens (tertiary/aromatic N) is 3. The maximum atomic E-state index is 13.1. The maximum Gasteiger partial charge on any atom is 0.586 e. The van der Waals surface area contributed by atoms with Gasteiger partial charge >= 0.3 is 12.3 Å². The van der Waals surface area contributed by atoms with Crippen molar-refractivity contribution in [3.8, 4) is 11.5 Å². The second-order valence-corrected chi connectivity index (χ2v) is 6.18. The third-order valence-corrected chi connectivity index (χ3v) is 4.38. The van der Waals surface area contributed by atoms with Crippen molar-refractivity contribution in [3.05, 3.63) is 42.5 Å². The Labute approximate surface area is 148 Å². The van der Waals surface area contributed by atoms with Gasteiger partial charge in [-0.2, -0.15) is 0 Å². The Hall–Kier alpha value is -2.97. The lowest BCUT2D eigenvalue weighted by Gasteiger charge is -2.32. The second-order valence-electron chi connectivity index (χ2n) is 6.18. The zero-order chi connectivity index (χ0) is 18.1. The average Bonchev–Trinajstić information content (AvgIpc) is 2.95. The van der Waals surface area contributed by atoms with Crippen LogP contribution < -0.4 is 14.8 Å². The lowest BCUT2D eigenvalue weighted by molar-refractivity contribution is -0.286. The molecule has 1 aromatic heterocycles. The van der Waals surface area contributed by atoms with E-state index in [-0.39, 0.29) is 23.4 Å². The number of hydrogen-bond acceptors (Lipinski definition) is 5. The van der Waals surface area contributed by atoms with Crippen LogP contribution in [0.15, 0.2) is 36.8 Å². The summed E-state index contributed by atoms with van der Waals surface area (Å²) in [4.78, 5) is 22.4. The number of halogens is 2. The van der Waals surface area contributed by atoms with Crippen LogP contribution in [0.5, 0.6) is 11.5 Å². The molecule has 0 radical (unpaired) electrons. The van der Waals surface area contributed by atoms with Gasteiger partial charge in [-0.3, -0.25) is 0 Å². The summed E-state index contributed by atoms with van der Waals surface area (Å²) < 4.78 is 34.9. The van der Waals surface area contributed by atoms with E-state index in [4.69, 9.17) is 0 Å². The lowest BCUT2D eigenvalue weighted by Crippen LogP contribution is -2.41. The molecule has 2 aliphatic rings. The standard InChI is InChI=1S/C17H16F2N4O3/c18-17(19)25-14-4-3-12(8-15(14)26-17)22-16(24)23-7-1-2-11(9-23)13-5-6-20-10-21-13/h3-6,8,10-11H,1-2,7,9H2,(H,22,24). The molecule has 1 atom stereocenters. The molecule has 7 nitrogen and oxygen atoms in total. The van der Waals surface area contributed by atoms with Gasteiger partial charge in [-0.1, -0.05) is 0 Å². The summed E-state index contributed by atoms with van der Waals surface area (Å²) in [5, 5.41) is 2.71. The number of anilines is 1. The fourth-order valence-electron chi connectivity index (χ4n) is 3.17. The molecule has 2 amide bonds. The van der Waals surface area contributed by atoms with Gasteiger partial charge in [0, 0.05) is 42.7 Å². The first kappa shape index (κ1) is 16.5. The molecule has 0 aliphatic carbocycles. The van der Waals surface area contributed by atoms with E-state index in [0.29, 0.717) is 18.8 Å². The minimum absolute atomic E-state index is 0.0604. The molecular weight excluding hydrogens is 346 g/mol. The second kappa shape index (κ2) is 6.40. The van der Waals surface area contributed by atoms with Gasteiger partial charge in [0.2, 0.25) is 0 Å². The molecule has 136 valence electrons. The lowest BCUT2D eigenvalue weighted by atomic mass is 9.95. The number of carbonyl (C=O) groups is 1. The number of fused-ring (bicyclic) bond motifs is 1. The molecule has 1 saturated heterocycles. The minimum Gasteiger partial charge on any atom is -0.395 e. The Balaban J connectivity index is 1.42. The highest BCUT2D eigenvalue weighted by Gasteiger charge is 2.43. The Morgan fingerprint density at radius 3 is 2.92 bits per heavy atom. The van der Waals surface area contributed by atoms with Gasteiger partial charge in [0.05, 0.1) is 0 Å². The van der Waals surface area contributed by atoms with Gasteiger partial charge in [0.1, 0.15) is 6.33 Å². The van der Waals surface area contributed by atoms with Crippen LogP contribution in [0.1, 0.15) is 24.5 Å². The smallest absolute Gasteiger partial charge is 0.395 e. The maximum absolute atomic E-state index is 13.1. The first-order valence-corrected chi connectivity index (χ1v) is 8.22. The van der Waals surface area contributed by atoms with Crippen molar-refractivity contribution in [2.75, 3.05) is 18.4 Å². The zero-order valence-electron chi connectivity index (χ0n) is 13.7. The third-order valence-electron chi connectivity index (χ3n) is 4.38. The quantitative estimate of drug-likeness (QED) is 0.888. The number of aromatic nitrogens is 2. The molecular formula is C17H16F2N4O3. The number of urea groups is 1. The van der Waals surface area contributed by atoms with Crippen molar-refractivity contribution < 1.29 is 23.0 Å². The van der Waals surface area contributed by atoms with Crippen LogP contribution in [0.4, 0.5) is 19.3 Å². The number of carbonyl (C=O) groups excluding carboxylic acids is 1. The van der Waals surface area contributed by atoms with E-state index >= 15 is 0 Å². The van der Waals surface area contributed by atoms with Crippen molar-refractivity contribution >= 4 is 11.7 Å². The molecule has 0 saturated carbocycles. The predicted octanol–water partition coefficient (Wildman–Crippen LogP) is 3.21. The van der Waals surface area contributed by atoms with Gasteiger partial charge in [-0.15, -0.1) is 8.78 Å². The van der Waals surface area contributed by atoms with E-state index < -0.39 is 6.29 Å². The molecule has 0 bridgehead atoms. The normalized spacial score (nSPS) is 20.7. The van der Waals surface area contributed by atoms with Crippen LogP contribution in [-0.2, 0) is 0 Å². The Bertz CT molecular complexity index is 819. The van der Waals surface area contributed by atoms with E-state index in [1.807, 2.05) is 6.07 Å². The zero-order valence-corrected chi connectivity index (χ0v) is 13.7. The number of piperidine rings is 1. The van der Waals surface area contributed by atoms with Crippen LogP contribution in [-0.4, -0.2) is 40.3 Å². The molecule has 1 fully saturated rings. The summed E-state index contributed by atoms with van der Waals surface area (Å²) in [6.45, 7) is 1.15. The number of ether oxygens (including phenoxy) is 2. The summed E-state index contributed by atoms with van der Waals surface area (Å²) in [7, 11) is 0. The van der Waals surface area contributed by atoms with Gasteiger partial charge in [-0.05, 0) is 31.0 Å². The molecule has 4 rings (SSSR count). The molecule has 9 heteroatoms. The van der Waals surface area contributed by atoms with Gasteiger partial charge in [0.15, 0.2) is 11.5 Å². The fourth-order valence-corrected chi connectivity index (χ4v) is 3.17. The number of likely N-dealkylation sites (tertiary alicyclic amines) is 1.